The highest BCUT2D eigenvalue weighted by Crippen LogP contribution is 2.24. The van der Waals surface area contributed by atoms with Gasteiger partial charge >= 0.3 is 0 Å². The molecule has 3 rings (SSSR count). The Labute approximate surface area is 109 Å². The minimum Gasteiger partial charge on any atom is -0.342 e. The Morgan fingerprint density at radius 1 is 1.47 bits per heavy atom. The van der Waals surface area contributed by atoms with E-state index in [1.54, 1.807) is 0 Å². The van der Waals surface area contributed by atoms with Crippen LogP contribution in [-0.4, -0.2) is 22.6 Å². The number of benzene rings is 1. The molecule has 2 N–H and O–H groups in total. The van der Waals surface area contributed by atoms with Gasteiger partial charge < -0.3 is 10.3 Å². The summed E-state index contributed by atoms with van der Waals surface area (Å²) in [6.07, 6.45) is 3.65. The predicted molar refractivity (Wildman–Crippen MR) is 73.3 cm³/mol. The van der Waals surface area contributed by atoms with Crippen LogP contribution in [0, 0.1) is 6.92 Å². The van der Waals surface area contributed by atoms with Crippen molar-refractivity contribution in [3.63, 3.8) is 0 Å². The van der Waals surface area contributed by atoms with E-state index in [0.717, 1.165) is 40.3 Å². The van der Waals surface area contributed by atoms with Gasteiger partial charge in [0.05, 0.1) is 5.52 Å². The van der Waals surface area contributed by atoms with Gasteiger partial charge in [-0.2, -0.15) is 0 Å². The van der Waals surface area contributed by atoms with Crippen molar-refractivity contribution in [1.29, 1.82) is 0 Å². The minimum absolute atomic E-state index is 0.772. The van der Waals surface area contributed by atoms with Gasteiger partial charge in [0.1, 0.15) is 11.3 Å². The topological polar surface area (TPSA) is 40.7 Å². The lowest BCUT2D eigenvalue weighted by Gasteiger charge is -1.98. The zero-order chi connectivity index (χ0) is 11.8. The number of nitrogens with zero attached hydrogens (tertiary/aromatic N) is 1. The van der Waals surface area contributed by atoms with Gasteiger partial charge in [0.2, 0.25) is 0 Å². The SMILES string of the molecule is Cc1cc(Br)c2nc(CCNC3CC3)[nH]c2c1. The molecule has 0 unspecified atom stereocenters. The molecular formula is C13H16BrN3. The maximum atomic E-state index is 4.63. The van der Waals surface area contributed by atoms with E-state index in [1.165, 1.54) is 18.4 Å². The average molecular weight is 294 g/mol. The molecule has 3 nitrogen and oxygen atoms in total. The summed E-state index contributed by atoms with van der Waals surface area (Å²) in [5.74, 6) is 1.07. The summed E-state index contributed by atoms with van der Waals surface area (Å²) >= 11 is 3.56. The molecule has 90 valence electrons. The number of aryl methyl sites for hydroxylation is 1. The Morgan fingerprint density at radius 3 is 3.06 bits per heavy atom. The van der Waals surface area contributed by atoms with Crippen molar-refractivity contribution in [3.05, 3.63) is 28.0 Å². The van der Waals surface area contributed by atoms with Gasteiger partial charge in [-0.25, -0.2) is 4.98 Å². The van der Waals surface area contributed by atoms with Gasteiger partial charge in [-0.1, -0.05) is 0 Å². The van der Waals surface area contributed by atoms with Crippen molar-refractivity contribution in [2.45, 2.75) is 32.2 Å². The van der Waals surface area contributed by atoms with Gasteiger partial charge in [-0.3, -0.25) is 0 Å². The van der Waals surface area contributed by atoms with Gasteiger partial charge in [0, 0.05) is 23.5 Å². The van der Waals surface area contributed by atoms with Crippen molar-refractivity contribution in [1.82, 2.24) is 15.3 Å². The summed E-state index contributed by atoms with van der Waals surface area (Å²) in [5, 5.41) is 3.50. The molecular weight excluding hydrogens is 278 g/mol. The summed E-state index contributed by atoms with van der Waals surface area (Å²) in [7, 11) is 0. The first-order valence-electron chi connectivity index (χ1n) is 6.10. The van der Waals surface area contributed by atoms with Crippen LogP contribution in [0.3, 0.4) is 0 Å². The molecule has 1 heterocycles. The van der Waals surface area contributed by atoms with Gasteiger partial charge in [-0.15, -0.1) is 0 Å². The number of aromatic amines is 1. The van der Waals surface area contributed by atoms with E-state index in [-0.39, 0.29) is 0 Å². The van der Waals surface area contributed by atoms with Crippen LogP contribution in [0.2, 0.25) is 0 Å². The lowest BCUT2D eigenvalue weighted by Crippen LogP contribution is -2.19. The molecule has 2 aromatic rings. The third kappa shape index (κ3) is 2.53. The van der Waals surface area contributed by atoms with E-state index < -0.39 is 0 Å². The zero-order valence-electron chi connectivity index (χ0n) is 9.89. The highest BCUT2D eigenvalue weighted by molar-refractivity contribution is 9.10. The molecule has 17 heavy (non-hydrogen) atoms. The van der Waals surface area contributed by atoms with E-state index in [4.69, 9.17) is 0 Å². The molecule has 1 fully saturated rings. The maximum absolute atomic E-state index is 4.63. The second-order valence-electron chi connectivity index (χ2n) is 4.80. The number of hydrogen-bond acceptors (Lipinski definition) is 2. The first-order valence-corrected chi connectivity index (χ1v) is 6.90. The van der Waals surface area contributed by atoms with Gasteiger partial charge in [0.25, 0.3) is 0 Å². The molecule has 0 amide bonds. The van der Waals surface area contributed by atoms with Crippen molar-refractivity contribution < 1.29 is 0 Å². The molecule has 0 saturated heterocycles. The number of H-pyrrole nitrogens is 1. The van der Waals surface area contributed by atoms with Crippen LogP contribution in [0.4, 0.5) is 0 Å². The standard InChI is InChI=1S/C13H16BrN3/c1-8-6-10(14)13-11(7-8)16-12(17-13)4-5-15-9-2-3-9/h6-7,9,15H,2-5H2,1H3,(H,16,17). The van der Waals surface area contributed by atoms with Gasteiger partial charge in [0.15, 0.2) is 0 Å². The van der Waals surface area contributed by atoms with Crippen molar-refractivity contribution >= 4 is 27.0 Å². The lowest BCUT2D eigenvalue weighted by molar-refractivity contribution is 0.670. The van der Waals surface area contributed by atoms with E-state index in [0.29, 0.717) is 0 Å². The molecule has 0 radical (unpaired) electrons. The van der Waals surface area contributed by atoms with Crippen molar-refractivity contribution in [2.24, 2.45) is 0 Å². The monoisotopic (exact) mass is 293 g/mol. The van der Waals surface area contributed by atoms with Crippen LogP contribution in [0.15, 0.2) is 16.6 Å². The second-order valence-corrected chi connectivity index (χ2v) is 5.66. The Morgan fingerprint density at radius 2 is 2.29 bits per heavy atom. The summed E-state index contributed by atoms with van der Waals surface area (Å²) in [6, 6.07) is 5.02. The third-order valence-electron chi connectivity index (χ3n) is 3.11. The Hall–Kier alpha value is -0.870. The molecule has 1 aliphatic rings. The largest absolute Gasteiger partial charge is 0.342 e. The summed E-state index contributed by atoms with van der Waals surface area (Å²) in [4.78, 5) is 8.02. The van der Waals surface area contributed by atoms with Crippen LogP contribution in [0.5, 0.6) is 0 Å². The first-order chi connectivity index (χ1) is 8.22. The van der Waals surface area contributed by atoms with Crippen molar-refractivity contribution in [3.8, 4) is 0 Å². The average Bonchev–Trinajstić information content (AvgIpc) is 2.98. The smallest absolute Gasteiger partial charge is 0.108 e. The molecule has 1 aromatic carbocycles. The van der Waals surface area contributed by atoms with Crippen LogP contribution in [-0.2, 0) is 6.42 Å². The molecule has 0 aliphatic heterocycles. The van der Waals surface area contributed by atoms with Crippen LogP contribution < -0.4 is 5.32 Å². The molecule has 0 atom stereocenters. The molecule has 0 spiro atoms. The summed E-state index contributed by atoms with van der Waals surface area (Å²) in [6.45, 7) is 3.11. The van der Waals surface area contributed by atoms with Crippen molar-refractivity contribution in [2.75, 3.05) is 6.54 Å². The fraction of sp³-hybridized carbons (Fsp3) is 0.462. The number of imidazole rings is 1. The minimum atomic E-state index is 0.772. The van der Waals surface area contributed by atoms with E-state index in [1.807, 2.05) is 0 Å². The molecule has 1 aliphatic carbocycles. The van der Waals surface area contributed by atoms with E-state index >= 15 is 0 Å². The van der Waals surface area contributed by atoms with E-state index in [2.05, 4.69) is 50.3 Å². The fourth-order valence-corrected chi connectivity index (χ4v) is 2.73. The molecule has 1 saturated carbocycles. The van der Waals surface area contributed by atoms with Crippen LogP contribution >= 0.6 is 15.9 Å². The summed E-state index contributed by atoms with van der Waals surface area (Å²) < 4.78 is 1.07. The Kier molecular flexibility index (Phi) is 2.92. The quantitative estimate of drug-likeness (QED) is 0.910. The number of aromatic nitrogens is 2. The first kappa shape index (κ1) is 11.2. The highest BCUT2D eigenvalue weighted by Gasteiger charge is 2.19. The second kappa shape index (κ2) is 4.42. The number of hydrogen-bond donors (Lipinski definition) is 2. The maximum Gasteiger partial charge on any atom is 0.108 e. The Balaban J connectivity index is 1.77. The molecule has 4 heteroatoms. The third-order valence-corrected chi connectivity index (χ3v) is 3.71. The Bertz CT molecular complexity index is 543. The normalized spacial score (nSPS) is 15.6. The molecule has 1 aromatic heterocycles. The molecule has 0 bridgehead atoms. The number of rotatable bonds is 4. The van der Waals surface area contributed by atoms with Crippen LogP contribution in [0.25, 0.3) is 11.0 Å². The predicted octanol–water partition coefficient (Wildman–Crippen LogP) is 2.93. The number of halogens is 1. The number of nitrogens with one attached hydrogen (secondary N) is 2. The fourth-order valence-electron chi connectivity index (χ4n) is 2.06. The van der Waals surface area contributed by atoms with E-state index in [9.17, 15) is 0 Å². The van der Waals surface area contributed by atoms with Gasteiger partial charge in [-0.05, 0) is 53.4 Å². The number of fused-ring (bicyclic) bond motifs is 1. The highest BCUT2D eigenvalue weighted by atomic mass is 79.9. The van der Waals surface area contributed by atoms with Crippen LogP contribution in [0.1, 0.15) is 24.2 Å². The lowest BCUT2D eigenvalue weighted by atomic mass is 10.2. The summed E-state index contributed by atoms with van der Waals surface area (Å²) in [5.41, 5.74) is 3.41. The zero-order valence-corrected chi connectivity index (χ0v) is 11.5.